The van der Waals surface area contributed by atoms with Gasteiger partial charge in [-0.25, -0.2) is 5.43 Å². The molecule has 1 amide bonds. The number of ether oxygens (including phenoxy) is 1. The van der Waals surface area contributed by atoms with Gasteiger partial charge >= 0.3 is 0 Å². The number of benzene rings is 1. The first-order chi connectivity index (χ1) is 9.20. The molecule has 5 nitrogen and oxygen atoms in total. The predicted octanol–water partition coefficient (Wildman–Crippen LogP) is 2.66. The van der Waals surface area contributed by atoms with E-state index in [0.717, 1.165) is 9.32 Å². The molecule has 0 aliphatic carbocycles. The Morgan fingerprint density at radius 2 is 2.32 bits per heavy atom. The molecule has 0 bridgehead atoms. The minimum atomic E-state index is -0.289. The third kappa shape index (κ3) is 3.57. The smallest absolute Gasteiger partial charge is 0.271 e. The quantitative estimate of drug-likeness (QED) is 0.511. The number of hydrazone groups is 1. The van der Waals surface area contributed by atoms with E-state index >= 15 is 0 Å². The number of furan rings is 1. The molecule has 1 heterocycles. The molecule has 0 spiro atoms. The number of hydrogen-bond donors (Lipinski definition) is 1. The molecule has 1 N–H and O–H groups in total. The maximum Gasteiger partial charge on any atom is 0.271 e. The minimum absolute atomic E-state index is 0.289. The Hall–Kier alpha value is -1.83. The highest BCUT2D eigenvalue weighted by Gasteiger charge is 2.07. The van der Waals surface area contributed by atoms with Crippen LogP contribution in [0.25, 0.3) is 0 Å². The van der Waals surface area contributed by atoms with Crippen LogP contribution in [0.5, 0.6) is 5.75 Å². The van der Waals surface area contributed by atoms with Crippen molar-refractivity contribution in [3.05, 3.63) is 51.5 Å². The zero-order chi connectivity index (χ0) is 13.7. The van der Waals surface area contributed by atoms with Crippen LogP contribution in [0.1, 0.15) is 16.1 Å². The monoisotopic (exact) mass is 370 g/mol. The fraction of sp³-hybridized carbons (Fsp3) is 0.0769. The van der Waals surface area contributed by atoms with Gasteiger partial charge in [-0.1, -0.05) is 0 Å². The van der Waals surface area contributed by atoms with Crippen molar-refractivity contribution in [3.8, 4) is 5.75 Å². The van der Waals surface area contributed by atoms with Crippen molar-refractivity contribution in [2.24, 2.45) is 5.10 Å². The van der Waals surface area contributed by atoms with Crippen molar-refractivity contribution in [2.75, 3.05) is 7.11 Å². The lowest BCUT2D eigenvalue weighted by atomic mass is 10.2. The van der Waals surface area contributed by atoms with Gasteiger partial charge in [0.05, 0.1) is 23.2 Å². The second-order valence-corrected chi connectivity index (χ2v) is 4.73. The molecule has 0 aliphatic heterocycles. The molecule has 0 atom stereocenters. The van der Waals surface area contributed by atoms with Crippen LogP contribution in [-0.2, 0) is 0 Å². The van der Waals surface area contributed by atoms with E-state index in [1.165, 1.54) is 12.5 Å². The van der Waals surface area contributed by atoms with Gasteiger partial charge in [0.1, 0.15) is 11.5 Å². The standard InChI is InChI=1S/C13H11IN2O3/c1-18-12-5-4-9(7-11(12)14)13(17)16-15-8-10-3-2-6-19-10/h2-8H,1H3,(H,16,17)/b15-8+. The summed E-state index contributed by atoms with van der Waals surface area (Å²) in [7, 11) is 1.59. The largest absolute Gasteiger partial charge is 0.496 e. The fourth-order valence-electron chi connectivity index (χ4n) is 1.39. The summed E-state index contributed by atoms with van der Waals surface area (Å²) in [5, 5.41) is 3.81. The number of carbonyl (C=O) groups is 1. The first-order valence-electron chi connectivity index (χ1n) is 5.41. The van der Waals surface area contributed by atoms with Crippen LogP contribution >= 0.6 is 22.6 Å². The Morgan fingerprint density at radius 1 is 1.47 bits per heavy atom. The molecule has 6 heteroatoms. The van der Waals surface area contributed by atoms with Crippen molar-refractivity contribution in [3.63, 3.8) is 0 Å². The number of nitrogens with zero attached hydrogens (tertiary/aromatic N) is 1. The summed E-state index contributed by atoms with van der Waals surface area (Å²) in [6, 6.07) is 8.64. The number of methoxy groups -OCH3 is 1. The van der Waals surface area contributed by atoms with Crippen molar-refractivity contribution < 1.29 is 13.9 Å². The average molecular weight is 370 g/mol. The predicted molar refractivity (Wildman–Crippen MR) is 79.5 cm³/mol. The molecule has 0 saturated carbocycles. The second-order valence-electron chi connectivity index (χ2n) is 3.56. The molecule has 0 radical (unpaired) electrons. The van der Waals surface area contributed by atoms with E-state index in [2.05, 4.69) is 33.1 Å². The normalized spacial score (nSPS) is 10.6. The van der Waals surface area contributed by atoms with Gasteiger partial charge in [0.25, 0.3) is 5.91 Å². The highest BCUT2D eigenvalue weighted by molar-refractivity contribution is 14.1. The van der Waals surface area contributed by atoms with Gasteiger partial charge in [0.15, 0.2) is 0 Å². The summed E-state index contributed by atoms with van der Waals surface area (Å²) in [6.07, 6.45) is 2.97. The first-order valence-corrected chi connectivity index (χ1v) is 6.49. The Kier molecular flexibility index (Phi) is 4.56. The molecule has 98 valence electrons. The summed E-state index contributed by atoms with van der Waals surface area (Å²) in [5.41, 5.74) is 2.94. The van der Waals surface area contributed by atoms with Crippen molar-refractivity contribution in [1.82, 2.24) is 5.43 Å². The summed E-state index contributed by atoms with van der Waals surface area (Å²) < 4.78 is 11.0. The van der Waals surface area contributed by atoms with E-state index in [-0.39, 0.29) is 5.91 Å². The first kappa shape index (κ1) is 13.6. The fourth-order valence-corrected chi connectivity index (χ4v) is 2.13. The molecule has 2 aromatic rings. The molecular weight excluding hydrogens is 359 g/mol. The molecule has 0 fully saturated rings. The molecule has 0 aliphatic rings. The van der Waals surface area contributed by atoms with Crippen LogP contribution in [0.3, 0.4) is 0 Å². The van der Waals surface area contributed by atoms with Crippen LogP contribution in [0.4, 0.5) is 0 Å². The Balaban J connectivity index is 2.02. The summed E-state index contributed by atoms with van der Waals surface area (Å²) in [5.74, 6) is 1.02. The number of amides is 1. The summed E-state index contributed by atoms with van der Waals surface area (Å²) in [6.45, 7) is 0. The van der Waals surface area contributed by atoms with E-state index < -0.39 is 0 Å². The van der Waals surface area contributed by atoms with Gasteiger partial charge < -0.3 is 9.15 Å². The van der Waals surface area contributed by atoms with Crippen LogP contribution < -0.4 is 10.2 Å². The van der Waals surface area contributed by atoms with E-state index in [4.69, 9.17) is 9.15 Å². The van der Waals surface area contributed by atoms with Crippen molar-refractivity contribution >= 4 is 34.7 Å². The van der Waals surface area contributed by atoms with Gasteiger partial charge in [-0.05, 0) is 52.9 Å². The van der Waals surface area contributed by atoms with Gasteiger partial charge in [0, 0.05) is 5.56 Å². The molecule has 1 aromatic heterocycles. The van der Waals surface area contributed by atoms with Crippen molar-refractivity contribution in [1.29, 1.82) is 0 Å². The number of carbonyl (C=O) groups excluding carboxylic acids is 1. The van der Waals surface area contributed by atoms with Crippen LogP contribution in [0.15, 0.2) is 46.1 Å². The molecule has 0 saturated heterocycles. The highest BCUT2D eigenvalue weighted by atomic mass is 127. The summed E-state index contributed by atoms with van der Waals surface area (Å²) >= 11 is 2.11. The maximum atomic E-state index is 11.8. The van der Waals surface area contributed by atoms with Gasteiger partial charge in [-0.2, -0.15) is 5.10 Å². The minimum Gasteiger partial charge on any atom is -0.496 e. The lowest BCUT2D eigenvalue weighted by Gasteiger charge is -2.05. The van der Waals surface area contributed by atoms with E-state index in [0.29, 0.717) is 11.3 Å². The van der Waals surface area contributed by atoms with E-state index in [9.17, 15) is 4.79 Å². The van der Waals surface area contributed by atoms with Crippen LogP contribution in [0.2, 0.25) is 0 Å². The number of rotatable bonds is 4. The zero-order valence-corrected chi connectivity index (χ0v) is 12.2. The van der Waals surface area contributed by atoms with Crippen LogP contribution in [0, 0.1) is 3.57 Å². The third-order valence-electron chi connectivity index (χ3n) is 2.32. The molecule has 2 rings (SSSR count). The lowest BCUT2D eigenvalue weighted by Crippen LogP contribution is -2.17. The lowest BCUT2D eigenvalue weighted by molar-refractivity contribution is 0.0955. The molecule has 19 heavy (non-hydrogen) atoms. The molecule has 0 unspecified atom stereocenters. The Bertz CT molecular complexity index is 594. The van der Waals surface area contributed by atoms with Gasteiger partial charge in [-0.3, -0.25) is 4.79 Å². The van der Waals surface area contributed by atoms with Crippen LogP contribution in [-0.4, -0.2) is 19.2 Å². The SMILES string of the molecule is COc1ccc(C(=O)N/N=C/c2ccco2)cc1I. The molecular formula is C13H11IN2O3. The highest BCUT2D eigenvalue weighted by Crippen LogP contribution is 2.21. The topological polar surface area (TPSA) is 63.8 Å². The Labute approximate surface area is 123 Å². The van der Waals surface area contributed by atoms with E-state index in [1.807, 2.05) is 0 Å². The van der Waals surface area contributed by atoms with Gasteiger partial charge in [-0.15, -0.1) is 0 Å². The molecule has 1 aromatic carbocycles. The second kappa shape index (κ2) is 6.37. The van der Waals surface area contributed by atoms with E-state index in [1.54, 1.807) is 37.4 Å². The number of hydrogen-bond acceptors (Lipinski definition) is 4. The Morgan fingerprint density at radius 3 is 2.95 bits per heavy atom. The maximum absolute atomic E-state index is 11.8. The van der Waals surface area contributed by atoms with Gasteiger partial charge in [0.2, 0.25) is 0 Å². The number of nitrogens with one attached hydrogen (secondary N) is 1. The zero-order valence-electron chi connectivity index (χ0n) is 10.1. The average Bonchev–Trinajstić information content (AvgIpc) is 2.91. The summed E-state index contributed by atoms with van der Waals surface area (Å²) in [4.78, 5) is 11.8. The van der Waals surface area contributed by atoms with Crippen molar-refractivity contribution in [2.45, 2.75) is 0 Å². The third-order valence-corrected chi connectivity index (χ3v) is 3.16. The number of halogens is 1.